The van der Waals surface area contributed by atoms with E-state index in [1.165, 1.54) is 6.07 Å². The number of nitrogens with two attached hydrogens (primary N) is 1. The SMILES string of the molecule is NC(=O)c1cccc(OC2CCCOC2)c1OC(=O)c1ccccc1. The van der Waals surface area contributed by atoms with Crippen LogP contribution in [0.2, 0.25) is 0 Å². The Morgan fingerprint density at radius 3 is 2.56 bits per heavy atom. The fraction of sp³-hybridized carbons (Fsp3) is 0.263. The largest absolute Gasteiger partial charge is 0.484 e. The Morgan fingerprint density at radius 2 is 1.88 bits per heavy atom. The number of carbonyl (C=O) groups is 2. The van der Waals surface area contributed by atoms with E-state index in [1.54, 1.807) is 42.5 Å². The van der Waals surface area contributed by atoms with Crippen molar-refractivity contribution in [1.82, 2.24) is 0 Å². The second kappa shape index (κ2) is 7.81. The van der Waals surface area contributed by atoms with Gasteiger partial charge in [0.1, 0.15) is 6.10 Å². The molecule has 2 N–H and O–H groups in total. The highest BCUT2D eigenvalue weighted by atomic mass is 16.6. The van der Waals surface area contributed by atoms with Gasteiger partial charge in [-0.05, 0) is 37.1 Å². The highest BCUT2D eigenvalue weighted by molar-refractivity contribution is 5.99. The van der Waals surface area contributed by atoms with Crippen LogP contribution in [0.15, 0.2) is 48.5 Å². The van der Waals surface area contributed by atoms with Crippen molar-refractivity contribution in [3.8, 4) is 11.5 Å². The van der Waals surface area contributed by atoms with Crippen LogP contribution in [0.4, 0.5) is 0 Å². The molecule has 1 heterocycles. The van der Waals surface area contributed by atoms with Gasteiger partial charge in [-0.25, -0.2) is 4.79 Å². The molecule has 1 aliphatic heterocycles. The minimum atomic E-state index is -0.693. The zero-order valence-electron chi connectivity index (χ0n) is 13.6. The number of carbonyl (C=O) groups excluding carboxylic acids is 2. The quantitative estimate of drug-likeness (QED) is 0.667. The van der Waals surface area contributed by atoms with Crippen molar-refractivity contribution in [2.75, 3.05) is 13.2 Å². The Morgan fingerprint density at radius 1 is 1.08 bits per heavy atom. The third-order valence-electron chi connectivity index (χ3n) is 3.86. The molecule has 1 fully saturated rings. The number of esters is 1. The monoisotopic (exact) mass is 341 g/mol. The molecule has 1 atom stereocenters. The summed E-state index contributed by atoms with van der Waals surface area (Å²) in [5.74, 6) is -0.939. The van der Waals surface area contributed by atoms with E-state index in [1.807, 2.05) is 0 Å². The summed E-state index contributed by atoms with van der Waals surface area (Å²) in [5.41, 5.74) is 5.89. The van der Waals surface area contributed by atoms with Crippen LogP contribution >= 0.6 is 0 Å². The number of para-hydroxylation sites is 1. The van der Waals surface area contributed by atoms with Gasteiger partial charge in [0.05, 0.1) is 17.7 Å². The Bertz CT molecular complexity index is 754. The van der Waals surface area contributed by atoms with Gasteiger partial charge < -0.3 is 19.9 Å². The molecule has 1 unspecified atom stereocenters. The molecule has 130 valence electrons. The van der Waals surface area contributed by atoms with Crippen LogP contribution in [0.1, 0.15) is 33.6 Å². The molecule has 3 rings (SSSR count). The molecule has 25 heavy (non-hydrogen) atoms. The molecular formula is C19H19NO5. The summed E-state index contributed by atoms with van der Waals surface area (Å²) >= 11 is 0. The lowest BCUT2D eigenvalue weighted by Gasteiger charge is -2.24. The summed E-state index contributed by atoms with van der Waals surface area (Å²) in [7, 11) is 0. The highest BCUT2D eigenvalue weighted by Gasteiger charge is 2.23. The summed E-state index contributed by atoms with van der Waals surface area (Å²) in [4.78, 5) is 24.1. The van der Waals surface area contributed by atoms with Gasteiger partial charge in [0.15, 0.2) is 11.5 Å². The van der Waals surface area contributed by atoms with Crippen molar-refractivity contribution >= 4 is 11.9 Å². The Balaban J connectivity index is 1.88. The molecule has 2 aromatic rings. The van der Waals surface area contributed by atoms with Crippen LogP contribution in [0.3, 0.4) is 0 Å². The molecule has 0 bridgehead atoms. The topological polar surface area (TPSA) is 87.9 Å². The number of hydrogen-bond donors (Lipinski definition) is 1. The summed E-state index contributed by atoms with van der Waals surface area (Å²) in [6.07, 6.45) is 1.55. The van der Waals surface area contributed by atoms with Gasteiger partial charge in [-0.2, -0.15) is 0 Å². The maximum absolute atomic E-state index is 12.4. The maximum atomic E-state index is 12.4. The predicted octanol–water partition coefficient (Wildman–Crippen LogP) is 2.56. The molecule has 0 radical (unpaired) electrons. The molecule has 6 nitrogen and oxygen atoms in total. The average Bonchev–Trinajstić information content (AvgIpc) is 2.64. The lowest BCUT2D eigenvalue weighted by molar-refractivity contribution is 0.00621. The maximum Gasteiger partial charge on any atom is 0.343 e. The fourth-order valence-corrected chi connectivity index (χ4v) is 2.62. The van der Waals surface area contributed by atoms with Gasteiger partial charge in [-0.1, -0.05) is 24.3 Å². The Hall–Kier alpha value is -2.86. The van der Waals surface area contributed by atoms with E-state index in [9.17, 15) is 9.59 Å². The standard InChI is InChI=1S/C19H19NO5/c20-18(21)15-9-4-10-16(24-14-8-5-11-23-12-14)17(15)25-19(22)13-6-2-1-3-7-13/h1-4,6-7,9-10,14H,5,8,11-12H2,(H2,20,21). The van der Waals surface area contributed by atoms with Crippen molar-refractivity contribution in [1.29, 1.82) is 0 Å². The number of ether oxygens (including phenoxy) is 3. The molecule has 0 aliphatic carbocycles. The highest BCUT2D eigenvalue weighted by Crippen LogP contribution is 2.33. The van der Waals surface area contributed by atoms with Gasteiger partial charge in [0.25, 0.3) is 5.91 Å². The van der Waals surface area contributed by atoms with Crippen LogP contribution < -0.4 is 15.2 Å². The van der Waals surface area contributed by atoms with Crippen LogP contribution in [-0.4, -0.2) is 31.2 Å². The van der Waals surface area contributed by atoms with Crippen LogP contribution in [0, 0.1) is 0 Å². The van der Waals surface area contributed by atoms with E-state index in [-0.39, 0.29) is 17.4 Å². The molecule has 1 saturated heterocycles. The Labute approximate surface area is 145 Å². The fourth-order valence-electron chi connectivity index (χ4n) is 2.62. The number of primary amides is 1. The number of amides is 1. The smallest absolute Gasteiger partial charge is 0.343 e. The second-order valence-electron chi connectivity index (χ2n) is 5.71. The summed E-state index contributed by atoms with van der Waals surface area (Å²) in [6.45, 7) is 1.16. The lowest BCUT2D eigenvalue weighted by Crippen LogP contribution is -2.28. The average molecular weight is 341 g/mol. The zero-order chi connectivity index (χ0) is 17.6. The molecule has 6 heteroatoms. The molecule has 2 aromatic carbocycles. The van der Waals surface area contributed by atoms with Gasteiger partial charge in [-0.3, -0.25) is 4.79 Å². The molecule has 0 aromatic heterocycles. The minimum absolute atomic E-state index is 0.0365. The zero-order valence-corrected chi connectivity index (χ0v) is 13.6. The Kier molecular flexibility index (Phi) is 5.30. The van der Waals surface area contributed by atoms with E-state index < -0.39 is 11.9 Å². The van der Waals surface area contributed by atoms with Crippen molar-refractivity contribution in [2.24, 2.45) is 5.73 Å². The van der Waals surface area contributed by atoms with E-state index in [0.29, 0.717) is 24.5 Å². The second-order valence-corrected chi connectivity index (χ2v) is 5.71. The van der Waals surface area contributed by atoms with Crippen LogP contribution in [0.5, 0.6) is 11.5 Å². The van der Waals surface area contributed by atoms with Crippen molar-refractivity contribution in [3.63, 3.8) is 0 Å². The van der Waals surface area contributed by atoms with Gasteiger partial charge in [0, 0.05) is 6.61 Å². The van der Waals surface area contributed by atoms with E-state index in [0.717, 1.165) is 12.8 Å². The first-order valence-electron chi connectivity index (χ1n) is 8.09. The van der Waals surface area contributed by atoms with E-state index >= 15 is 0 Å². The minimum Gasteiger partial charge on any atom is -0.484 e. The van der Waals surface area contributed by atoms with Crippen molar-refractivity contribution < 1.29 is 23.8 Å². The molecule has 1 amide bonds. The third-order valence-corrected chi connectivity index (χ3v) is 3.86. The molecule has 1 aliphatic rings. The number of benzene rings is 2. The van der Waals surface area contributed by atoms with Crippen molar-refractivity contribution in [3.05, 3.63) is 59.7 Å². The van der Waals surface area contributed by atoms with Crippen molar-refractivity contribution in [2.45, 2.75) is 18.9 Å². The lowest BCUT2D eigenvalue weighted by atomic mass is 10.1. The normalized spacial score (nSPS) is 16.9. The van der Waals surface area contributed by atoms with Gasteiger partial charge in [0.2, 0.25) is 0 Å². The first kappa shape index (κ1) is 17.0. The molecular weight excluding hydrogens is 322 g/mol. The van der Waals surface area contributed by atoms with E-state index in [4.69, 9.17) is 19.9 Å². The van der Waals surface area contributed by atoms with Gasteiger partial charge >= 0.3 is 5.97 Å². The van der Waals surface area contributed by atoms with Gasteiger partial charge in [-0.15, -0.1) is 0 Å². The number of hydrogen-bond acceptors (Lipinski definition) is 5. The predicted molar refractivity (Wildman–Crippen MR) is 90.8 cm³/mol. The first-order chi connectivity index (χ1) is 12.1. The third kappa shape index (κ3) is 4.16. The van der Waals surface area contributed by atoms with E-state index in [2.05, 4.69) is 0 Å². The summed E-state index contributed by atoms with van der Waals surface area (Å²) in [5, 5.41) is 0. The van der Waals surface area contributed by atoms with Crippen LogP contribution in [0.25, 0.3) is 0 Å². The van der Waals surface area contributed by atoms with Crippen LogP contribution in [-0.2, 0) is 4.74 Å². The summed E-state index contributed by atoms with van der Waals surface area (Å²) < 4.78 is 16.8. The first-order valence-corrected chi connectivity index (χ1v) is 8.09. The number of rotatable bonds is 5. The molecule has 0 saturated carbocycles. The molecule has 0 spiro atoms. The summed E-state index contributed by atoms with van der Waals surface area (Å²) in [6, 6.07) is 13.3.